The average Bonchev–Trinajstić information content (AvgIpc) is 3.86. The lowest BCUT2D eigenvalue weighted by molar-refractivity contribution is -0.161. The number of aliphatic hydroxyl groups excluding tert-OH is 1. The minimum atomic E-state index is -1.40. The lowest BCUT2D eigenvalue weighted by atomic mass is 9.74. The van der Waals surface area contributed by atoms with E-state index in [-0.39, 0.29) is 50.5 Å². The van der Waals surface area contributed by atoms with Crippen molar-refractivity contribution in [2.45, 2.75) is 69.2 Å². The van der Waals surface area contributed by atoms with Gasteiger partial charge in [0.2, 0.25) is 11.8 Å². The summed E-state index contributed by atoms with van der Waals surface area (Å²) in [5.74, 6) is -3.59. The summed E-state index contributed by atoms with van der Waals surface area (Å²) in [6, 6.07) is 15.0. The number of aliphatic hydroxyl groups is 1. The second kappa shape index (κ2) is 13.6. The number of amides is 3. The Balaban J connectivity index is 1.29. The second-order valence-corrected chi connectivity index (χ2v) is 13.1. The first-order chi connectivity index (χ1) is 23.8. The summed E-state index contributed by atoms with van der Waals surface area (Å²) >= 11 is 0. The van der Waals surface area contributed by atoms with Gasteiger partial charge in [-0.1, -0.05) is 72.0 Å². The van der Waals surface area contributed by atoms with Crippen molar-refractivity contribution in [3.8, 4) is 0 Å². The number of nitrogens with one attached hydrogen (secondary N) is 1. The lowest BCUT2D eigenvalue weighted by Crippen LogP contribution is -2.56. The quantitative estimate of drug-likeness (QED) is 0.219. The summed E-state index contributed by atoms with van der Waals surface area (Å²) in [5, 5.41) is 21.1. The van der Waals surface area contributed by atoms with E-state index < -0.39 is 47.7 Å². The van der Waals surface area contributed by atoms with Gasteiger partial charge >= 0.3 is 5.97 Å². The van der Waals surface area contributed by atoms with E-state index in [2.05, 4.69) is 15.6 Å². The number of para-hydroxylation sites is 1. The largest absolute Gasteiger partial charge is 0.455 e. The van der Waals surface area contributed by atoms with Gasteiger partial charge in [-0.05, 0) is 43.9 Å². The van der Waals surface area contributed by atoms with Crippen molar-refractivity contribution in [3.63, 3.8) is 0 Å². The molecular formula is C36H40N6O7. The molecule has 2 saturated heterocycles. The molecule has 4 aliphatic heterocycles. The predicted octanol–water partition coefficient (Wildman–Crippen LogP) is 2.28. The van der Waals surface area contributed by atoms with Gasteiger partial charge in [0.1, 0.15) is 35.9 Å². The van der Waals surface area contributed by atoms with Gasteiger partial charge in [0.05, 0.1) is 23.6 Å². The number of carbonyl (C=O) groups excluding carboxylic acids is 4. The molecule has 13 nitrogen and oxygen atoms in total. The minimum absolute atomic E-state index is 0.0367. The zero-order chi connectivity index (χ0) is 34.1. The Labute approximate surface area is 283 Å². The molecule has 0 saturated carbocycles. The molecular weight excluding hydrogens is 628 g/mol. The molecule has 3 aromatic rings. The second-order valence-electron chi connectivity index (χ2n) is 13.1. The maximum atomic E-state index is 14.9. The molecule has 13 heteroatoms. The summed E-state index contributed by atoms with van der Waals surface area (Å²) in [6.07, 6.45) is 7.10. The van der Waals surface area contributed by atoms with Crippen molar-refractivity contribution >= 4 is 34.7 Å². The summed E-state index contributed by atoms with van der Waals surface area (Å²) < 4.78 is 14.4. The monoisotopic (exact) mass is 668 g/mol. The number of hydrogen-bond donors (Lipinski definition) is 2. The van der Waals surface area contributed by atoms with Crippen LogP contribution in [-0.4, -0.2) is 97.1 Å². The molecule has 5 heterocycles. The molecule has 4 aliphatic rings. The summed E-state index contributed by atoms with van der Waals surface area (Å²) in [5.41, 5.74) is 0.709. The molecule has 2 fully saturated rings. The van der Waals surface area contributed by atoms with E-state index in [0.29, 0.717) is 30.3 Å². The van der Waals surface area contributed by atoms with Gasteiger partial charge in [-0.2, -0.15) is 0 Å². The van der Waals surface area contributed by atoms with E-state index in [1.54, 1.807) is 28.7 Å². The lowest BCUT2D eigenvalue weighted by Gasteiger charge is -2.35. The highest BCUT2D eigenvalue weighted by molar-refractivity contribution is 5.99. The molecule has 256 valence electrons. The maximum Gasteiger partial charge on any atom is 0.313 e. The molecule has 1 aromatic heterocycles. The van der Waals surface area contributed by atoms with Gasteiger partial charge in [0, 0.05) is 26.1 Å². The Hall–Kier alpha value is -4.88. The van der Waals surface area contributed by atoms with Crippen LogP contribution in [0.15, 0.2) is 78.9 Å². The maximum absolute atomic E-state index is 14.9. The van der Waals surface area contributed by atoms with Crippen LogP contribution in [0.3, 0.4) is 0 Å². The number of benzene rings is 2. The standard InChI is InChI=1S/C36H40N6O7/c1-23-31(24-12-4-2-5-13-24)48-35(47)29-27-17-18-36(49-27)30(29)33(45)41(20-10-11-21-43)32(36)34(46)40(19-9-3-6-16-28(44)37-23)22-42-26-15-8-7-14-25(26)38-39-42/h2-5,7-9,12-15,17-18,23,27,29-32,43H,6,10-11,16,19-22H2,1H3,(H,37,44)/b9-3-/t23-,27+,29-,30-,31+,32+,36-/m1/s1. The van der Waals surface area contributed by atoms with Crippen molar-refractivity contribution < 1.29 is 33.8 Å². The van der Waals surface area contributed by atoms with Gasteiger partial charge in [0.25, 0.3) is 5.91 Å². The van der Waals surface area contributed by atoms with Gasteiger partial charge in [-0.15, -0.1) is 5.10 Å². The third-order valence-corrected chi connectivity index (χ3v) is 9.97. The van der Waals surface area contributed by atoms with Crippen molar-refractivity contribution in [2.24, 2.45) is 11.8 Å². The van der Waals surface area contributed by atoms with E-state index in [1.165, 1.54) is 4.90 Å². The normalized spacial score (nSPS) is 30.9. The Kier molecular flexibility index (Phi) is 9.03. The fraction of sp³-hybridized carbons (Fsp3) is 0.444. The number of rotatable bonds is 7. The van der Waals surface area contributed by atoms with Crippen molar-refractivity contribution in [3.05, 3.63) is 84.5 Å². The van der Waals surface area contributed by atoms with E-state index in [1.807, 2.05) is 66.7 Å². The highest BCUT2D eigenvalue weighted by atomic mass is 16.6. The first-order valence-electron chi connectivity index (χ1n) is 16.9. The number of cyclic esters (lactones) is 1. The molecule has 0 aliphatic carbocycles. The molecule has 49 heavy (non-hydrogen) atoms. The molecule has 2 aromatic carbocycles. The molecule has 2 N–H and O–H groups in total. The van der Waals surface area contributed by atoms with E-state index in [4.69, 9.17) is 9.47 Å². The van der Waals surface area contributed by atoms with Gasteiger partial charge < -0.3 is 29.7 Å². The van der Waals surface area contributed by atoms with Crippen LogP contribution in [0.2, 0.25) is 0 Å². The van der Waals surface area contributed by atoms with Crippen LogP contribution in [0.1, 0.15) is 44.3 Å². The highest BCUT2D eigenvalue weighted by Crippen LogP contribution is 2.56. The number of nitrogens with zero attached hydrogens (tertiary/aromatic N) is 5. The minimum Gasteiger partial charge on any atom is -0.455 e. The number of hydrogen-bond acceptors (Lipinski definition) is 9. The van der Waals surface area contributed by atoms with E-state index in [0.717, 1.165) is 5.52 Å². The molecule has 7 atom stereocenters. The SMILES string of the molecule is C[C@H]1NC(=O)CC/C=C\CN(Cn2nnc3ccccc32)C(=O)[C@@H]2N(CCCCO)C(=O)[C@H]3[C@H](C(=O)O[C@@H]1c1ccccc1)[C@@H]1C=C[C@]23O1. The van der Waals surface area contributed by atoms with Crippen LogP contribution in [0.5, 0.6) is 0 Å². The first-order valence-corrected chi connectivity index (χ1v) is 16.9. The summed E-state index contributed by atoms with van der Waals surface area (Å²) in [4.78, 5) is 59.7. The fourth-order valence-electron chi connectivity index (χ4n) is 7.67. The van der Waals surface area contributed by atoms with Gasteiger partial charge in [-0.3, -0.25) is 19.2 Å². The van der Waals surface area contributed by atoms with Crippen LogP contribution in [-0.2, 0) is 35.3 Å². The number of fused-ring (bicyclic) bond motifs is 3. The van der Waals surface area contributed by atoms with Crippen LogP contribution < -0.4 is 5.32 Å². The van der Waals surface area contributed by atoms with Crippen molar-refractivity contribution in [1.29, 1.82) is 0 Å². The Morgan fingerprint density at radius 2 is 1.80 bits per heavy atom. The number of unbranched alkanes of at least 4 members (excludes halogenated alkanes) is 1. The molecule has 3 amide bonds. The van der Waals surface area contributed by atoms with Crippen LogP contribution in [0.25, 0.3) is 11.0 Å². The van der Waals surface area contributed by atoms with Crippen LogP contribution >= 0.6 is 0 Å². The topological polar surface area (TPSA) is 156 Å². The molecule has 0 radical (unpaired) electrons. The highest BCUT2D eigenvalue weighted by Gasteiger charge is 2.73. The Morgan fingerprint density at radius 1 is 1.00 bits per heavy atom. The molecule has 7 rings (SSSR count). The third-order valence-electron chi connectivity index (χ3n) is 9.97. The number of aromatic nitrogens is 3. The average molecular weight is 669 g/mol. The summed E-state index contributed by atoms with van der Waals surface area (Å²) in [7, 11) is 0. The van der Waals surface area contributed by atoms with Crippen LogP contribution in [0.4, 0.5) is 0 Å². The molecule has 0 unspecified atom stereocenters. The van der Waals surface area contributed by atoms with E-state index >= 15 is 0 Å². The van der Waals surface area contributed by atoms with Crippen molar-refractivity contribution in [1.82, 2.24) is 30.1 Å². The van der Waals surface area contributed by atoms with Crippen molar-refractivity contribution in [2.75, 3.05) is 19.7 Å². The number of esters is 1. The first kappa shape index (κ1) is 32.7. The van der Waals surface area contributed by atoms with Crippen LogP contribution in [0, 0.1) is 11.8 Å². The number of allylic oxidation sites excluding steroid dienone is 1. The molecule has 5 bridgehead atoms. The summed E-state index contributed by atoms with van der Waals surface area (Å²) in [6.45, 7) is 2.12. The Bertz CT molecular complexity index is 1790. The predicted molar refractivity (Wildman–Crippen MR) is 176 cm³/mol. The molecule has 1 spiro atoms. The smallest absolute Gasteiger partial charge is 0.313 e. The zero-order valence-electron chi connectivity index (χ0n) is 27.3. The number of ether oxygens (including phenoxy) is 2. The fourth-order valence-corrected chi connectivity index (χ4v) is 7.67. The van der Waals surface area contributed by atoms with Gasteiger partial charge in [-0.25, -0.2) is 4.68 Å². The Morgan fingerprint density at radius 3 is 2.61 bits per heavy atom. The van der Waals surface area contributed by atoms with E-state index in [9.17, 15) is 24.3 Å². The zero-order valence-corrected chi connectivity index (χ0v) is 27.3. The third kappa shape index (κ3) is 5.90. The number of carbonyl (C=O) groups is 4. The van der Waals surface area contributed by atoms with Gasteiger partial charge in [0.15, 0.2) is 0 Å². The number of likely N-dealkylation sites (tertiary alicyclic amines) is 1.